The van der Waals surface area contributed by atoms with Crippen molar-refractivity contribution in [2.45, 2.75) is 42.7 Å². The molecule has 1 N–H and O–H groups in total. The molecule has 150 valence electrons. The maximum absolute atomic E-state index is 11.9. The molecule has 1 aromatic carbocycles. The Balaban J connectivity index is 1.69. The van der Waals surface area contributed by atoms with Crippen LogP contribution in [0, 0.1) is 10.1 Å². The van der Waals surface area contributed by atoms with Gasteiger partial charge < -0.3 is 10.1 Å². The number of pyridine rings is 1. The number of nitrogens with zero attached hydrogens (tertiary/aromatic N) is 4. The lowest BCUT2D eigenvalue weighted by atomic mass is 10.1. The number of alkyl carbamates (subject to hydrolysis) is 1. The number of amides is 1. The highest BCUT2D eigenvalue weighted by atomic mass is 32.2. The van der Waals surface area contributed by atoms with E-state index in [0.717, 1.165) is 21.4 Å². The first kappa shape index (κ1) is 19.2. The lowest BCUT2D eigenvalue weighted by Crippen LogP contribution is -2.34. The Kier molecular flexibility index (Phi) is 4.65. The lowest BCUT2D eigenvalue weighted by Gasteiger charge is -2.19. The van der Waals surface area contributed by atoms with Crippen molar-refractivity contribution in [2.75, 3.05) is 6.54 Å². The third kappa shape index (κ3) is 3.63. The van der Waals surface area contributed by atoms with E-state index in [1.165, 1.54) is 17.8 Å². The molecule has 0 saturated heterocycles. The zero-order chi connectivity index (χ0) is 20.8. The second-order valence-electron chi connectivity index (χ2n) is 7.54. The van der Waals surface area contributed by atoms with Crippen LogP contribution in [0.5, 0.6) is 0 Å². The van der Waals surface area contributed by atoms with Gasteiger partial charge in [-0.25, -0.2) is 4.79 Å². The van der Waals surface area contributed by atoms with Gasteiger partial charge in [-0.15, -0.1) is 0 Å². The highest BCUT2D eigenvalue weighted by molar-refractivity contribution is 8.00. The minimum Gasteiger partial charge on any atom is -0.444 e. The maximum Gasteiger partial charge on any atom is 0.407 e. The first-order valence-corrected chi connectivity index (χ1v) is 9.83. The number of nitro groups is 1. The van der Waals surface area contributed by atoms with Crippen LogP contribution in [0.1, 0.15) is 20.8 Å². The SMILES string of the molecule is CC(C)(C)OC(=O)NCCn1nc2c3c(c([N+](=O)[O-])ccc31)Sc1ccncc1-2. The Bertz CT molecular complexity index is 1140. The summed E-state index contributed by atoms with van der Waals surface area (Å²) in [6.45, 7) is 6.10. The van der Waals surface area contributed by atoms with Gasteiger partial charge in [0.25, 0.3) is 5.69 Å². The molecule has 10 heteroatoms. The van der Waals surface area contributed by atoms with Gasteiger partial charge in [-0.3, -0.25) is 19.8 Å². The van der Waals surface area contributed by atoms with Crippen molar-refractivity contribution >= 4 is 34.4 Å². The van der Waals surface area contributed by atoms with Crippen molar-refractivity contribution in [2.24, 2.45) is 0 Å². The van der Waals surface area contributed by atoms with Crippen LogP contribution in [0.2, 0.25) is 0 Å². The van der Waals surface area contributed by atoms with Crippen LogP contribution in [-0.2, 0) is 11.3 Å². The van der Waals surface area contributed by atoms with E-state index >= 15 is 0 Å². The first-order valence-electron chi connectivity index (χ1n) is 9.01. The molecule has 4 rings (SSSR count). The third-order valence-corrected chi connectivity index (χ3v) is 5.48. The van der Waals surface area contributed by atoms with Crippen LogP contribution in [0.25, 0.3) is 22.2 Å². The second-order valence-corrected chi connectivity index (χ2v) is 8.59. The minimum atomic E-state index is -0.573. The zero-order valence-corrected chi connectivity index (χ0v) is 16.9. The van der Waals surface area contributed by atoms with Crippen molar-refractivity contribution in [3.05, 3.63) is 40.7 Å². The van der Waals surface area contributed by atoms with E-state index in [1.54, 1.807) is 43.9 Å². The molecular formula is C19H19N5O4S. The second kappa shape index (κ2) is 7.03. The summed E-state index contributed by atoms with van der Waals surface area (Å²) in [4.78, 5) is 28.7. The molecule has 0 fully saturated rings. The van der Waals surface area contributed by atoms with E-state index in [-0.39, 0.29) is 10.6 Å². The molecule has 3 aromatic rings. The fourth-order valence-corrected chi connectivity index (χ4v) is 4.33. The van der Waals surface area contributed by atoms with Gasteiger partial charge in [-0.05, 0) is 32.9 Å². The number of ether oxygens (including phenoxy) is 1. The van der Waals surface area contributed by atoms with Crippen LogP contribution >= 0.6 is 11.8 Å². The van der Waals surface area contributed by atoms with Crippen molar-refractivity contribution in [1.29, 1.82) is 0 Å². The van der Waals surface area contributed by atoms with Crippen LogP contribution in [-0.4, -0.2) is 37.9 Å². The van der Waals surface area contributed by atoms with Gasteiger partial charge >= 0.3 is 6.09 Å². The molecule has 1 amide bonds. The summed E-state index contributed by atoms with van der Waals surface area (Å²) in [5.41, 5.74) is 1.76. The van der Waals surface area contributed by atoms with Crippen LogP contribution < -0.4 is 5.32 Å². The molecule has 0 radical (unpaired) electrons. The number of hydrogen-bond donors (Lipinski definition) is 1. The smallest absolute Gasteiger partial charge is 0.407 e. The van der Waals surface area contributed by atoms with Crippen molar-refractivity contribution in [1.82, 2.24) is 20.1 Å². The summed E-state index contributed by atoms with van der Waals surface area (Å²) in [6, 6.07) is 5.03. The van der Waals surface area contributed by atoms with Gasteiger partial charge in [-0.2, -0.15) is 5.10 Å². The number of benzene rings is 1. The highest BCUT2D eigenvalue weighted by Crippen LogP contribution is 2.50. The van der Waals surface area contributed by atoms with Gasteiger partial charge in [-0.1, -0.05) is 11.8 Å². The highest BCUT2D eigenvalue weighted by Gasteiger charge is 2.30. The van der Waals surface area contributed by atoms with E-state index in [9.17, 15) is 14.9 Å². The lowest BCUT2D eigenvalue weighted by molar-refractivity contribution is -0.387. The van der Waals surface area contributed by atoms with Crippen molar-refractivity contribution in [3.63, 3.8) is 0 Å². The van der Waals surface area contributed by atoms with E-state index < -0.39 is 11.7 Å². The zero-order valence-electron chi connectivity index (χ0n) is 16.1. The Labute approximate surface area is 170 Å². The monoisotopic (exact) mass is 413 g/mol. The Morgan fingerprint density at radius 1 is 1.34 bits per heavy atom. The normalized spacial score (nSPS) is 12.5. The Morgan fingerprint density at radius 2 is 2.14 bits per heavy atom. The van der Waals surface area contributed by atoms with Gasteiger partial charge in [0, 0.05) is 40.8 Å². The summed E-state index contributed by atoms with van der Waals surface area (Å²) < 4.78 is 6.99. The number of carbonyl (C=O) groups excluding carboxylic acids is 1. The molecule has 0 saturated carbocycles. The number of aromatic nitrogens is 3. The van der Waals surface area contributed by atoms with Gasteiger partial charge in [0.15, 0.2) is 0 Å². The summed E-state index contributed by atoms with van der Waals surface area (Å²) in [6.07, 6.45) is 2.87. The predicted molar refractivity (Wildman–Crippen MR) is 108 cm³/mol. The number of rotatable bonds is 4. The molecule has 0 aliphatic carbocycles. The number of carbonyl (C=O) groups is 1. The predicted octanol–water partition coefficient (Wildman–Crippen LogP) is 4.00. The average Bonchev–Trinajstić information content (AvgIpc) is 3.00. The first-order chi connectivity index (χ1) is 13.7. The number of nitro benzene ring substituents is 1. The maximum atomic E-state index is 11.9. The molecule has 29 heavy (non-hydrogen) atoms. The Hall–Kier alpha value is -3.14. The van der Waals surface area contributed by atoms with Crippen molar-refractivity contribution < 1.29 is 14.5 Å². The van der Waals surface area contributed by atoms with Gasteiger partial charge in [0.1, 0.15) is 16.2 Å². The Morgan fingerprint density at radius 3 is 2.86 bits per heavy atom. The van der Waals surface area contributed by atoms with E-state index in [1.807, 2.05) is 6.07 Å². The summed E-state index contributed by atoms with van der Waals surface area (Å²) >= 11 is 1.35. The number of nitrogens with one attached hydrogen (secondary N) is 1. The fourth-order valence-electron chi connectivity index (χ4n) is 3.17. The summed E-state index contributed by atoms with van der Waals surface area (Å²) in [5, 5.41) is 19.7. The molecule has 0 atom stereocenters. The third-order valence-electron chi connectivity index (χ3n) is 4.29. The fraction of sp³-hybridized carbons (Fsp3) is 0.316. The van der Waals surface area contributed by atoms with E-state index in [0.29, 0.717) is 23.7 Å². The van der Waals surface area contributed by atoms with Crippen molar-refractivity contribution in [3.8, 4) is 11.3 Å². The molecule has 0 unspecified atom stereocenters. The summed E-state index contributed by atoms with van der Waals surface area (Å²) in [5.74, 6) is 0. The molecule has 2 aromatic heterocycles. The van der Waals surface area contributed by atoms with Crippen LogP contribution in [0.3, 0.4) is 0 Å². The average molecular weight is 413 g/mol. The largest absolute Gasteiger partial charge is 0.444 e. The molecule has 0 spiro atoms. The topological polar surface area (TPSA) is 112 Å². The van der Waals surface area contributed by atoms with Gasteiger partial charge in [0.05, 0.1) is 17.0 Å². The quantitative estimate of drug-likeness (QED) is 0.397. The van der Waals surface area contributed by atoms with Gasteiger partial charge in [0.2, 0.25) is 0 Å². The van der Waals surface area contributed by atoms with E-state index in [2.05, 4.69) is 15.4 Å². The molecule has 1 aliphatic heterocycles. The minimum absolute atomic E-state index is 0.0534. The molecule has 3 heterocycles. The molecule has 1 aliphatic rings. The standard InChI is InChI=1S/C19H19N5O4S/c1-19(2,3)28-18(25)21-8-9-23-12-4-5-13(24(26)27)17-15(12)16(22-23)11-10-20-7-6-14(11)29-17/h4-7,10H,8-9H2,1-3H3,(H,21,25). The van der Waals surface area contributed by atoms with Crippen LogP contribution in [0.4, 0.5) is 10.5 Å². The van der Waals surface area contributed by atoms with Crippen LogP contribution in [0.15, 0.2) is 40.4 Å². The molecule has 9 nitrogen and oxygen atoms in total. The summed E-state index contributed by atoms with van der Waals surface area (Å²) in [7, 11) is 0. The molecule has 0 bridgehead atoms. The van der Waals surface area contributed by atoms with E-state index in [4.69, 9.17) is 4.74 Å². The number of hydrogen-bond acceptors (Lipinski definition) is 7. The molecular weight excluding hydrogens is 394 g/mol. The number of fused-ring (bicyclic) bond motifs is 2.